The van der Waals surface area contributed by atoms with Gasteiger partial charge in [-0.2, -0.15) is 11.8 Å². The van der Waals surface area contributed by atoms with Crippen LogP contribution >= 0.6 is 11.8 Å². The topological polar surface area (TPSA) is 51.2 Å². The summed E-state index contributed by atoms with van der Waals surface area (Å²) in [4.78, 5) is 15.6. The Hall–Kier alpha value is -1.23. The van der Waals surface area contributed by atoms with Crippen molar-refractivity contribution in [3.05, 3.63) is 23.9 Å². The number of thioether (sulfide) groups is 1. The molecule has 1 saturated heterocycles. The molecule has 1 fully saturated rings. The van der Waals surface area contributed by atoms with E-state index in [1.165, 1.54) is 19.3 Å². The summed E-state index contributed by atoms with van der Waals surface area (Å²) in [6.07, 6.45) is 4.03. The van der Waals surface area contributed by atoms with Crippen molar-refractivity contribution in [2.45, 2.75) is 18.9 Å². The molecule has 0 saturated carbocycles. The Labute approximate surface area is 105 Å². The number of hydrogen-bond acceptors (Lipinski definition) is 5. The van der Waals surface area contributed by atoms with Gasteiger partial charge in [0.05, 0.1) is 12.7 Å². The fraction of sp³-hybridized carbons (Fsp3) is 0.500. The normalized spacial score (nSPS) is 19.7. The van der Waals surface area contributed by atoms with Crippen molar-refractivity contribution in [1.82, 2.24) is 4.98 Å². The average molecular weight is 252 g/mol. The molecule has 1 aliphatic heterocycles. The van der Waals surface area contributed by atoms with E-state index in [1.807, 2.05) is 11.8 Å². The molecule has 0 aliphatic carbocycles. The second kappa shape index (κ2) is 5.91. The van der Waals surface area contributed by atoms with E-state index in [9.17, 15) is 4.79 Å². The smallest absolute Gasteiger partial charge is 0.338 e. The first kappa shape index (κ1) is 12.2. The first-order chi connectivity index (χ1) is 8.29. The van der Waals surface area contributed by atoms with Crippen LogP contribution in [0.1, 0.15) is 23.2 Å². The number of hydrogen-bond donors (Lipinski definition) is 1. The number of esters is 1. The lowest BCUT2D eigenvalue weighted by Crippen LogP contribution is -2.26. The highest BCUT2D eigenvalue weighted by molar-refractivity contribution is 7.99. The van der Waals surface area contributed by atoms with Gasteiger partial charge in [0.25, 0.3) is 0 Å². The van der Waals surface area contributed by atoms with Crippen LogP contribution in [-0.2, 0) is 4.74 Å². The Kier molecular flexibility index (Phi) is 4.25. The van der Waals surface area contributed by atoms with Gasteiger partial charge in [-0.15, -0.1) is 0 Å². The highest BCUT2D eigenvalue weighted by Gasteiger charge is 2.14. The van der Waals surface area contributed by atoms with Crippen LogP contribution in [0, 0.1) is 0 Å². The van der Waals surface area contributed by atoms with Crippen LogP contribution in [0.15, 0.2) is 18.3 Å². The van der Waals surface area contributed by atoms with E-state index in [4.69, 9.17) is 0 Å². The second-order valence-electron chi connectivity index (χ2n) is 3.98. The maximum Gasteiger partial charge on any atom is 0.338 e. The fourth-order valence-corrected chi connectivity index (χ4v) is 2.89. The Morgan fingerprint density at radius 1 is 1.65 bits per heavy atom. The number of methoxy groups -OCH3 is 1. The molecule has 5 heteroatoms. The van der Waals surface area contributed by atoms with Gasteiger partial charge < -0.3 is 10.1 Å². The van der Waals surface area contributed by atoms with Crippen molar-refractivity contribution >= 4 is 23.5 Å². The molecule has 17 heavy (non-hydrogen) atoms. The van der Waals surface area contributed by atoms with Crippen molar-refractivity contribution in [1.29, 1.82) is 0 Å². The summed E-state index contributed by atoms with van der Waals surface area (Å²) in [5.41, 5.74) is 0.536. The standard InChI is InChI=1S/C12H16N2O2S/c1-16-12(15)9-4-5-13-11(7-9)14-10-3-2-6-17-8-10/h4-5,7,10H,2-3,6,8H2,1H3,(H,13,14). The van der Waals surface area contributed by atoms with Crippen LogP contribution in [-0.4, -0.2) is 35.6 Å². The summed E-state index contributed by atoms with van der Waals surface area (Å²) >= 11 is 1.96. The van der Waals surface area contributed by atoms with Gasteiger partial charge in [-0.1, -0.05) is 0 Å². The first-order valence-electron chi connectivity index (χ1n) is 5.68. The highest BCUT2D eigenvalue weighted by Crippen LogP contribution is 2.20. The number of nitrogens with one attached hydrogen (secondary N) is 1. The van der Waals surface area contributed by atoms with Gasteiger partial charge in [0.15, 0.2) is 0 Å². The minimum atomic E-state index is -0.325. The number of rotatable bonds is 3. The molecule has 0 bridgehead atoms. The number of nitrogens with zero attached hydrogens (tertiary/aromatic N) is 1. The predicted octanol–water partition coefficient (Wildman–Crippen LogP) is 2.18. The predicted molar refractivity (Wildman–Crippen MR) is 69.5 cm³/mol. The van der Waals surface area contributed by atoms with E-state index in [-0.39, 0.29) is 5.97 Å². The minimum Gasteiger partial charge on any atom is -0.465 e. The molecule has 1 aromatic heterocycles. The zero-order valence-electron chi connectivity index (χ0n) is 9.81. The van der Waals surface area contributed by atoms with Crippen LogP contribution in [0.25, 0.3) is 0 Å². The van der Waals surface area contributed by atoms with Gasteiger partial charge >= 0.3 is 5.97 Å². The molecule has 1 unspecified atom stereocenters. The minimum absolute atomic E-state index is 0.325. The summed E-state index contributed by atoms with van der Waals surface area (Å²) in [5, 5.41) is 3.36. The number of carbonyl (C=O) groups is 1. The van der Waals surface area contributed by atoms with Crippen LogP contribution < -0.4 is 5.32 Å². The van der Waals surface area contributed by atoms with Crippen molar-refractivity contribution < 1.29 is 9.53 Å². The van der Waals surface area contributed by atoms with Crippen LogP contribution in [0.2, 0.25) is 0 Å². The molecule has 4 nitrogen and oxygen atoms in total. The highest BCUT2D eigenvalue weighted by atomic mass is 32.2. The molecule has 0 amide bonds. The summed E-state index contributed by atoms with van der Waals surface area (Å²) in [5.74, 6) is 2.77. The number of pyridine rings is 1. The number of ether oxygens (including phenoxy) is 1. The van der Waals surface area contributed by atoms with E-state index in [1.54, 1.807) is 18.3 Å². The third-order valence-electron chi connectivity index (χ3n) is 2.69. The Morgan fingerprint density at radius 3 is 3.24 bits per heavy atom. The van der Waals surface area contributed by atoms with E-state index >= 15 is 0 Å². The van der Waals surface area contributed by atoms with Gasteiger partial charge in [-0.3, -0.25) is 0 Å². The van der Waals surface area contributed by atoms with Crippen LogP contribution in [0.5, 0.6) is 0 Å². The SMILES string of the molecule is COC(=O)c1ccnc(NC2CCCSC2)c1. The zero-order valence-corrected chi connectivity index (χ0v) is 10.6. The second-order valence-corrected chi connectivity index (χ2v) is 5.13. The lowest BCUT2D eigenvalue weighted by Gasteiger charge is -2.23. The van der Waals surface area contributed by atoms with Crippen LogP contribution in [0.3, 0.4) is 0 Å². The molecule has 1 aliphatic rings. The molecule has 1 aromatic rings. The molecule has 92 valence electrons. The number of aromatic nitrogens is 1. The third-order valence-corrected chi connectivity index (χ3v) is 3.91. The number of carbonyl (C=O) groups excluding carboxylic acids is 1. The van der Waals surface area contributed by atoms with Crippen molar-refractivity contribution in [3.63, 3.8) is 0 Å². The maximum absolute atomic E-state index is 11.4. The van der Waals surface area contributed by atoms with Gasteiger partial charge in [-0.05, 0) is 30.7 Å². The Bertz CT molecular complexity index is 392. The van der Waals surface area contributed by atoms with E-state index in [0.717, 1.165) is 18.0 Å². The van der Waals surface area contributed by atoms with Gasteiger partial charge in [-0.25, -0.2) is 9.78 Å². The average Bonchev–Trinajstić information content (AvgIpc) is 2.39. The van der Waals surface area contributed by atoms with E-state index < -0.39 is 0 Å². The number of anilines is 1. The molecular weight excluding hydrogens is 236 g/mol. The van der Waals surface area contributed by atoms with Gasteiger partial charge in [0, 0.05) is 18.0 Å². The molecule has 0 aromatic carbocycles. The van der Waals surface area contributed by atoms with Gasteiger partial charge in [0.2, 0.25) is 0 Å². The summed E-state index contributed by atoms with van der Waals surface area (Å²) < 4.78 is 4.68. The largest absolute Gasteiger partial charge is 0.465 e. The van der Waals surface area contributed by atoms with Crippen molar-refractivity contribution in [2.75, 3.05) is 23.9 Å². The lowest BCUT2D eigenvalue weighted by atomic mass is 10.2. The fourth-order valence-electron chi connectivity index (χ4n) is 1.82. The first-order valence-corrected chi connectivity index (χ1v) is 6.83. The molecule has 0 radical (unpaired) electrons. The van der Waals surface area contributed by atoms with Crippen LogP contribution in [0.4, 0.5) is 5.82 Å². The summed E-state index contributed by atoms with van der Waals surface area (Å²) in [6, 6.07) is 3.85. The third kappa shape index (κ3) is 3.36. The summed E-state index contributed by atoms with van der Waals surface area (Å²) in [7, 11) is 1.38. The van der Waals surface area contributed by atoms with Crippen molar-refractivity contribution in [2.24, 2.45) is 0 Å². The lowest BCUT2D eigenvalue weighted by molar-refractivity contribution is 0.0600. The monoisotopic (exact) mass is 252 g/mol. The maximum atomic E-state index is 11.4. The Balaban J connectivity index is 2.02. The molecule has 0 spiro atoms. The van der Waals surface area contributed by atoms with E-state index in [2.05, 4.69) is 15.0 Å². The molecule has 2 heterocycles. The summed E-state index contributed by atoms with van der Waals surface area (Å²) in [6.45, 7) is 0. The Morgan fingerprint density at radius 2 is 2.53 bits per heavy atom. The molecule has 1 atom stereocenters. The molecule has 2 rings (SSSR count). The quantitative estimate of drug-likeness (QED) is 0.836. The van der Waals surface area contributed by atoms with Crippen molar-refractivity contribution in [3.8, 4) is 0 Å². The zero-order chi connectivity index (χ0) is 12.1. The molecule has 1 N–H and O–H groups in total. The van der Waals surface area contributed by atoms with Gasteiger partial charge in [0.1, 0.15) is 5.82 Å². The molecular formula is C12H16N2O2S. The van der Waals surface area contributed by atoms with E-state index in [0.29, 0.717) is 11.6 Å².